The van der Waals surface area contributed by atoms with Crippen molar-refractivity contribution in [1.29, 1.82) is 0 Å². The first-order valence-electron chi connectivity index (χ1n) is 8.74. The highest BCUT2D eigenvalue weighted by Crippen LogP contribution is 2.19. The van der Waals surface area contributed by atoms with Gasteiger partial charge >= 0.3 is 0 Å². The van der Waals surface area contributed by atoms with E-state index in [2.05, 4.69) is 25.8 Å². The molecule has 28 heavy (non-hydrogen) atoms. The number of benzene rings is 2. The van der Waals surface area contributed by atoms with E-state index in [-0.39, 0.29) is 18.4 Å². The molecule has 0 bridgehead atoms. The Hall–Kier alpha value is -3.13. The predicted octanol–water partition coefficient (Wildman–Crippen LogP) is 3.08. The van der Waals surface area contributed by atoms with Crippen LogP contribution in [-0.4, -0.2) is 33.5 Å². The van der Waals surface area contributed by atoms with Gasteiger partial charge in [-0.25, -0.2) is 4.98 Å². The molecular formula is C20H21N5O2S. The van der Waals surface area contributed by atoms with E-state index in [0.717, 1.165) is 33.3 Å². The van der Waals surface area contributed by atoms with Gasteiger partial charge < -0.3 is 10.6 Å². The summed E-state index contributed by atoms with van der Waals surface area (Å²) in [6, 6.07) is 13.1. The van der Waals surface area contributed by atoms with Gasteiger partial charge in [-0.3, -0.25) is 14.7 Å². The highest BCUT2D eigenvalue weighted by atomic mass is 32.2. The van der Waals surface area contributed by atoms with Gasteiger partial charge in [0.15, 0.2) is 5.16 Å². The average molecular weight is 395 g/mol. The van der Waals surface area contributed by atoms with Gasteiger partial charge in [-0.15, -0.1) is 0 Å². The van der Waals surface area contributed by atoms with Gasteiger partial charge in [0.1, 0.15) is 6.33 Å². The van der Waals surface area contributed by atoms with Crippen molar-refractivity contribution >= 4 is 29.3 Å². The van der Waals surface area contributed by atoms with Crippen LogP contribution in [0.1, 0.15) is 27.0 Å². The summed E-state index contributed by atoms with van der Waals surface area (Å²) >= 11 is 1.53. The van der Waals surface area contributed by atoms with Crippen LogP contribution >= 0.6 is 11.8 Å². The summed E-state index contributed by atoms with van der Waals surface area (Å²) < 4.78 is 0. The van der Waals surface area contributed by atoms with Crippen LogP contribution in [0.2, 0.25) is 0 Å². The maximum Gasteiger partial charge on any atom is 0.251 e. The Morgan fingerprint density at radius 3 is 2.43 bits per heavy atom. The molecule has 1 heterocycles. The van der Waals surface area contributed by atoms with E-state index < -0.39 is 0 Å². The zero-order valence-electron chi connectivity index (χ0n) is 15.7. The molecule has 0 radical (unpaired) electrons. The molecule has 0 atom stereocenters. The van der Waals surface area contributed by atoms with Crippen molar-refractivity contribution in [1.82, 2.24) is 20.5 Å². The summed E-state index contributed by atoms with van der Waals surface area (Å²) in [5.74, 6) is 0.173. The Bertz CT molecular complexity index is 935. The molecular weight excluding hydrogens is 374 g/mol. The fourth-order valence-corrected chi connectivity index (χ4v) is 3.36. The summed E-state index contributed by atoms with van der Waals surface area (Å²) in [5.41, 5.74) is 4.33. The Kier molecular flexibility index (Phi) is 6.44. The second-order valence-electron chi connectivity index (χ2n) is 6.27. The lowest BCUT2D eigenvalue weighted by Crippen LogP contribution is -2.33. The number of H-pyrrole nitrogens is 1. The summed E-state index contributed by atoms with van der Waals surface area (Å²) in [5, 5.41) is 12.8. The van der Waals surface area contributed by atoms with E-state index in [1.165, 1.54) is 18.1 Å². The third-order valence-corrected chi connectivity index (χ3v) is 5.09. The minimum absolute atomic E-state index is 0.0876. The number of aryl methyl sites for hydroxylation is 2. The monoisotopic (exact) mass is 395 g/mol. The van der Waals surface area contributed by atoms with E-state index in [0.29, 0.717) is 5.56 Å². The molecule has 7 nitrogen and oxygen atoms in total. The van der Waals surface area contributed by atoms with Crippen LogP contribution in [0.25, 0.3) is 0 Å². The molecule has 3 rings (SSSR count). The Labute approximate surface area is 167 Å². The molecule has 0 saturated heterocycles. The van der Waals surface area contributed by atoms with E-state index in [9.17, 15) is 9.59 Å². The average Bonchev–Trinajstić information content (AvgIpc) is 3.21. The van der Waals surface area contributed by atoms with Crippen molar-refractivity contribution in [3.63, 3.8) is 0 Å². The Balaban J connectivity index is 1.49. The zero-order chi connectivity index (χ0) is 19.9. The van der Waals surface area contributed by atoms with E-state index in [4.69, 9.17) is 0 Å². The normalized spacial score (nSPS) is 10.5. The standard InChI is InChI=1S/C20H21N5O2S/c1-13-4-3-5-14(2)18(13)24-17(26)10-21-19(27)16-8-6-15(7-9-16)11-28-20-22-12-23-25-20/h3-9,12H,10-11H2,1-2H3,(H,21,27)(H,24,26)(H,22,23,25). The lowest BCUT2D eigenvalue weighted by molar-refractivity contribution is -0.115. The fraction of sp³-hybridized carbons (Fsp3) is 0.200. The number of hydrogen-bond donors (Lipinski definition) is 3. The first-order chi connectivity index (χ1) is 13.5. The highest BCUT2D eigenvalue weighted by molar-refractivity contribution is 7.98. The number of nitrogens with one attached hydrogen (secondary N) is 3. The topological polar surface area (TPSA) is 99.8 Å². The Morgan fingerprint density at radius 1 is 1.07 bits per heavy atom. The molecule has 8 heteroatoms. The van der Waals surface area contributed by atoms with Crippen LogP contribution in [0.5, 0.6) is 0 Å². The van der Waals surface area contributed by atoms with Crippen molar-refractivity contribution in [2.24, 2.45) is 0 Å². The van der Waals surface area contributed by atoms with E-state index in [1.807, 2.05) is 44.2 Å². The van der Waals surface area contributed by atoms with Crippen LogP contribution in [0.4, 0.5) is 5.69 Å². The predicted molar refractivity (Wildman–Crippen MR) is 109 cm³/mol. The fourth-order valence-electron chi connectivity index (χ4n) is 2.63. The molecule has 0 fully saturated rings. The van der Waals surface area contributed by atoms with Gasteiger partial charge in [-0.2, -0.15) is 5.10 Å². The number of aromatic nitrogens is 3. The van der Waals surface area contributed by atoms with E-state index in [1.54, 1.807) is 12.1 Å². The number of hydrogen-bond acceptors (Lipinski definition) is 5. The smallest absolute Gasteiger partial charge is 0.251 e. The number of rotatable bonds is 7. The molecule has 1 aromatic heterocycles. The summed E-state index contributed by atoms with van der Waals surface area (Å²) in [6.07, 6.45) is 1.46. The first-order valence-corrected chi connectivity index (χ1v) is 9.73. The quantitative estimate of drug-likeness (QED) is 0.534. The third-order valence-electron chi connectivity index (χ3n) is 4.14. The molecule has 0 aliphatic carbocycles. The minimum Gasteiger partial charge on any atom is -0.343 e. The van der Waals surface area contributed by atoms with Crippen LogP contribution in [0, 0.1) is 13.8 Å². The second-order valence-corrected chi connectivity index (χ2v) is 7.24. The van der Waals surface area contributed by atoms with Crippen molar-refractivity contribution in [2.75, 3.05) is 11.9 Å². The molecule has 0 saturated carbocycles. The van der Waals surface area contributed by atoms with Crippen molar-refractivity contribution < 1.29 is 9.59 Å². The maximum absolute atomic E-state index is 12.3. The molecule has 0 aliphatic heterocycles. The number of anilines is 1. The first kappa shape index (κ1) is 19.6. The lowest BCUT2D eigenvalue weighted by atomic mass is 10.1. The number of aromatic amines is 1. The van der Waals surface area contributed by atoms with E-state index >= 15 is 0 Å². The molecule has 2 aromatic carbocycles. The SMILES string of the molecule is Cc1cccc(C)c1NC(=O)CNC(=O)c1ccc(CSc2ncn[nH]2)cc1. The van der Waals surface area contributed by atoms with Gasteiger partial charge in [0, 0.05) is 17.0 Å². The lowest BCUT2D eigenvalue weighted by Gasteiger charge is -2.12. The summed E-state index contributed by atoms with van der Waals surface area (Å²) in [6.45, 7) is 3.78. The van der Waals surface area contributed by atoms with Gasteiger partial charge in [0.25, 0.3) is 5.91 Å². The largest absolute Gasteiger partial charge is 0.343 e. The second kappa shape index (κ2) is 9.18. The number of nitrogens with zero attached hydrogens (tertiary/aromatic N) is 2. The maximum atomic E-state index is 12.3. The molecule has 3 N–H and O–H groups in total. The number of para-hydroxylation sites is 1. The number of carbonyl (C=O) groups is 2. The molecule has 0 spiro atoms. The van der Waals surface area contributed by atoms with Crippen molar-refractivity contribution in [3.05, 3.63) is 71.0 Å². The molecule has 144 valence electrons. The number of amides is 2. The van der Waals surface area contributed by atoms with Crippen LogP contribution < -0.4 is 10.6 Å². The molecule has 3 aromatic rings. The molecule has 0 unspecified atom stereocenters. The van der Waals surface area contributed by atoms with Gasteiger partial charge in [-0.05, 0) is 42.7 Å². The summed E-state index contributed by atoms with van der Waals surface area (Å²) in [4.78, 5) is 28.5. The van der Waals surface area contributed by atoms with Crippen LogP contribution in [0.3, 0.4) is 0 Å². The van der Waals surface area contributed by atoms with Gasteiger partial charge in [0.2, 0.25) is 5.91 Å². The molecule has 0 aliphatic rings. The highest BCUT2D eigenvalue weighted by Gasteiger charge is 2.10. The van der Waals surface area contributed by atoms with Crippen molar-refractivity contribution in [3.8, 4) is 0 Å². The van der Waals surface area contributed by atoms with Gasteiger partial charge in [-0.1, -0.05) is 42.1 Å². The Morgan fingerprint density at radius 2 is 1.79 bits per heavy atom. The summed E-state index contributed by atoms with van der Waals surface area (Å²) in [7, 11) is 0. The number of thioether (sulfide) groups is 1. The number of carbonyl (C=O) groups excluding carboxylic acids is 2. The zero-order valence-corrected chi connectivity index (χ0v) is 16.5. The van der Waals surface area contributed by atoms with Crippen LogP contribution in [-0.2, 0) is 10.5 Å². The molecule has 2 amide bonds. The minimum atomic E-state index is -0.286. The van der Waals surface area contributed by atoms with Crippen molar-refractivity contribution in [2.45, 2.75) is 24.8 Å². The van der Waals surface area contributed by atoms with Gasteiger partial charge in [0.05, 0.1) is 6.54 Å². The van der Waals surface area contributed by atoms with Crippen LogP contribution in [0.15, 0.2) is 53.9 Å². The third kappa shape index (κ3) is 5.20.